The molecule has 3 aliphatic rings. The van der Waals surface area contributed by atoms with Gasteiger partial charge in [-0.15, -0.1) is 0 Å². The number of aliphatic hydroxyl groups excluding tert-OH is 2. The Bertz CT molecular complexity index is 3220. The zero-order valence-corrected chi connectivity index (χ0v) is 38.4. The van der Waals surface area contributed by atoms with Gasteiger partial charge < -0.3 is 29.7 Å². The van der Waals surface area contributed by atoms with E-state index in [1.165, 1.54) is 41.7 Å². The van der Waals surface area contributed by atoms with E-state index >= 15 is 14.4 Å². The molecule has 6 atom stereocenters. The largest absolute Gasteiger partial charge is 0.491 e. The van der Waals surface area contributed by atoms with E-state index in [2.05, 4.69) is 17.2 Å². The number of nitrogens with one attached hydrogen (secondary N) is 1. The Balaban J connectivity index is 1.24. The average molecular weight is 970 g/mol. The van der Waals surface area contributed by atoms with Gasteiger partial charge in [0.1, 0.15) is 36.5 Å². The van der Waals surface area contributed by atoms with Gasteiger partial charge in [0.2, 0.25) is 11.8 Å². The molecule has 3 aliphatic heterocycles. The number of nitro groups is 1. The van der Waals surface area contributed by atoms with E-state index in [0.29, 0.717) is 39.1 Å². The maximum Gasteiger partial charge on any atom is 0.421 e. The first-order valence-electron chi connectivity index (χ1n) is 22.7. The molecule has 3 N–H and O–H groups in total. The quantitative estimate of drug-likeness (QED) is 0.0460. The second-order valence-electron chi connectivity index (χ2n) is 17.0. The number of anilines is 2. The minimum Gasteiger partial charge on any atom is -0.491 e. The lowest BCUT2D eigenvalue weighted by Gasteiger charge is -2.46. The van der Waals surface area contributed by atoms with E-state index < -0.39 is 71.0 Å². The number of hydrogen-bond donors (Lipinski definition) is 3. The van der Waals surface area contributed by atoms with Crippen LogP contribution in [0.25, 0.3) is 10.2 Å². The summed E-state index contributed by atoms with van der Waals surface area (Å²) in [6, 6.07) is 39.2. The highest BCUT2D eigenvalue weighted by Gasteiger charge is 2.76. The molecule has 1 spiro atoms. The van der Waals surface area contributed by atoms with E-state index in [4.69, 9.17) is 19.2 Å². The predicted octanol–water partition coefficient (Wildman–Crippen LogP) is 7.95. The first-order valence-corrected chi connectivity index (χ1v) is 23.5. The number of nitrogens with zero attached hydrogens (tertiary/aromatic N) is 4. The number of carbonyl (C=O) groups excluding carboxylic acids is 4. The molecular formula is C54H43N5O11S. The van der Waals surface area contributed by atoms with Crippen LogP contribution in [0.3, 0.4) is 0 Å². The summed E-state index contributed by atoms with van der Waals surface area (Å²) in [7, 11) is 0. The third-order valence-electron chi connectivity index (χ3n) is 13.0. The number of hydrogen-bond acceptors (Lipinski definition) is 14. The Morgan fingerprint density at radius 1 is 0.831 bits per heavy atom. The number of benzene rings is 6. The van der Waals surface area contributed by atoms with E-state index in [1.807, 2.05) is 83.8 Å². The number of fused-ring (bicyclic) bond motifs is 4. The van der Waals surface area contributed by atoms with Gasteiger partial charge in [0.15, 0.2) is 5.13 Å². The van der Waals surface area contributed by atoms with Gasteiger partial charge in [-0.3, -0.25) is 29.4 Å². The Kier molecular flexibility index (Phi) is 12.8. The van der Waals surface area contributed by atoms with Crippen molar-refractivity contribution in [3.63, 3.8) is 0 Å². The van der Waals surface area contributed by atoms with Crippen LogP contribution < -0.4 is 15.0 Å². The van der Waals surface area contributed by atoms with Crippen LogP contribution >= 0.6 is 11.3 Å². The summed E-state index contributed by atoms with van der Waals surface area (Å²) in [6.07, 6.45) is -1.99. The molecule has 3 amide bonds. The van der Waals surface area contributed by atoms with Crippen LogP contribution in [0, 0.1) is 27.9 Å². The fraction of sp³-hybridized carbons (Fsp3) is 0.204. The Morgan fingerprint density at radius 3 is 2.27 bits per heavy atom. The number of amides is 3. The number of nitro benzene ring substituents is 1. The molecule has 4 heterocycles. The van der Waals surface area contributed by atoms with Crippen molar-refractivity contribution >= 4 is 61.9 Å². The molecule has 71 heavy (non-hydrogen) atoms. The minimum absolute atomic E-state index is 0.0518. The van der Waals surface area contributed by atoms with E-state index in [1.54, 1.807) is 42.5 Å². The number of thiazole rings is 1. The highest BCUT2D eigenvalue weighted by molar-refractivity contribution is 7.22. The normalized spacial score (nSPS) is 21.2. The molecule has 6 aromatic carbocycles. The van der Waals surface area contributed by atoms with Crippen LogP contribution in [-0.4, -0.2) is 74.8 Å². The van der Waals surface area contributed by atoms with Crippen molar-refractivity contribution in [3.8, 4) is 17.6 Å². The number of aromatic nitrogens is 1. The smallest absolute Gasteiger partial charge is 0.421 e. The number of morpholine rings is 1. The lowest BCUT2D eigenvalue weighted by Crippen LogP contribution is -2.54. The van der Waals surface area contributed by atoms with E-state index in [9.17, 15) is 25.1 Å². The molecule has 0 radical (unpaired) electrons. The number of non-ortho nitro benzene ring substituents is 1. The first-order chi connectivity index (χ1) is 34.6. The molecule has 17 heteroatoms. The molecule has 10 rings (SSSR count). The molecule has 1 aromatic heterocycles. The topological polar surface area (TPSA) is 211 Å². The number of imide groups is 1. The van der Waals surface area contributed by atoms with E-state index in [0.717, 1.165) is 9.60 Å². The van der Waals surface area contributed by atoms with Gasteiger partial charge >= 0.3 is 12.1 Å². The fourth-order valence-electron chi connectivity index (χ4n) is 10.2. The Hall–Kier alpha value is -8.27. The molecule has 2 fully saturated rings. The van der Waals surface area contributed by atoms with Crippen molar-refractivity contribution in [2.24, 2.45) is 5.92 Å². The fourth-order valence-corrected chi connectivity index (χ4v) is 11.0. The van der Waals surface area contributed by atoms with Gasteiger partial charge in [0.05, 0.1) is 52.0 Å². The molecule has 0 bridgehead atoms. The predicted molar refractivity (Wildman–Crippen MR) is 261 cm³/mol. The molecule has 7 aromatic rings. The maximum absolute atomic E-state index is 16.6. The monoisotopic (exact) mass is 969 g/mol. The summed E-state index contributed by atoms with van der Waals surface area (Å²) in [5, 5.41) is 34.1. The number of aliphatic hydroxyl groups is 2. The third-order valence-corrected chi connectivity index (χ3v) is 13.9. The van der Waals surface area contributed by atoms with Gasteiger partial charge in [-0.05, 0) is 82.4 Å². The molecular weight excluding hydrogens is 927 g/mol. The summed E-state index contributed by atoms with van der Waals surface area (Å²) in [6.45, 7) is -0.982. The van der Waals surface area contributed by atoms with Crippen molar-refractivity contribution in [3.05, 3.63) is 195 Å². The van der Waals surface area contributed by atoms with Gasteiger partial charge in [-0.1, -0.05) is 108 Å². The number of ether oxygens (including phenoxy) is 3. The summed E-state index contributed by atoms with van der Waals surface area (Å²) in [5.74, 6) is 2.16. The Labute approximate surface area is 410 Å². The zero-order chi connectivity index (χ0) is 49.2. The van der Waals surface area contributed by atoms with Crippen LogP contribution in [0.15, 0.2) is 152 Å². The van der Waals surface area contributed by atoms with Gasteiger partial charge in [0.25, 0.3) is 5.69 Å². The molecule has 16 nitrogen and oxygen atoms in total. The van der Waals surface area contributed by atoms with Crippen LogP contribution in [0.1, 0.15) is 58.0 Å². The van der Waals surface area contributed by atoms with Gasteiger partial charge in [-0.2, -0.15) is 0 Å². The number of carbonyl (C=O) groups is 4. The van der Waals surface area contributed by atoms with Crippen molar-refractivity contribution < 1.29 is 48.5 Å². The number of esters is 1. The summed E-state index contributed by atoms with van der Waals surface area (Å²) < 4.78 is 19.2. The summed E-state index contributed by atoms with van der Waals surface area (Å²) >= 11 is 1.20. The molecule has 356 valence electrons. The number of cyclic esters (lactones) is 1. The second kappa shape index (κ2) is 19.6. The SMILES string of the molecule is O=C1O[C@@H](c2ccccc2)[C@@H](c2ccccc2)N2[C@@H](c3cccc(OCCO)c3)[C@]3(C(=O)N(C(=O)OCc4ccc([N+](=O)[O-])cc4)c4ccc(C#CCCO)cc43)[C@@H](C(=O)Nc3nc4ccccc4s3)[C@H]12. The second-order valence-corrected chi connectivity index (χ2v) is 18.0. The zero-order valence-electron chi connectivity index (χ0n) is 37.6. The molecule has 0 unspecified atom stereocenters. The standard InChI is InChI=1S/C54H43N5O11S/c60-27-10-9-12-33-23-26-42-40(30-33)54(51(64)57(42)53(65)69-32-34-21-24-38(25-22-34)59(66)67)44(49(62)56-52-55-41-19-7-8-20-43(41)71-52)46-50(63)70-47(36-15-5-2-6-16-36)45(35-13-3-1-4-14-35)58(46)48(54)37-17-11-18-39(31-37)68-29-28-61/h1-8,11,13-26,30-31,44-48,60-61H,10,27-29,32H2,(H,55,56,62)/t44-,45-,46-,47+,48+,54-/m1/s1. The van der Waals surface area contributed by atoms with Gasteiger partial charge in [-0.25, -0.2) is 14.7 Å². The number of rotatable bonds is 12. The molecule has 2 saturated heterocycles. The van der Waals surface area contributed by atoms with Gasteiger partial charge in [0, 0.05) is 24.1 Å². The van der Waals surface area contributed by atoms with Crippen molar-refractivity contribution in [1.29, 1.82) is 0 Å². The minimum atomic E-state index is -2.19. The van der Waals surface area contributed by atoms with Crippen molar-refractivity contribution in [2.75, 3.05) is 30.0 Å². The molecule has 0 aliphatic carbocycles. The molecule has 0 saturated carbocycles. The van der Waals surface area contributed by atoms with E-state index in [-0.39, 0.29) is 48.3 Å². The number of para-hydroxylation sites is 1. The van der Waals surface area contributed by atoms with Crippen LogP contribution in [0.4, 0.5) is 21.3 Å². The third kappa shape index (κ3) is 8.42. The van der Waals surface area contributed by atoms with Crippen LogP contribution in [-0.2, 0) is 35.9 Å². The average Bonchev–Trinajstić information content (AvgIpc) is 4.03. The first kappa shape index (κ1) is 46.5. The maximum atomic E-state index is 16.6. The summed E-state index contributed by atoms with van der Waals surface area (Å²) in [5.41, 5.74) is 0.989. The summed E-state index contributed by atoms with van der Waals surface area (Å²) in [4.78, 5) is 81.1. The van der Waals surface area contributed by atoms with Crippen LogP contribution in [0.2, 0.25) is 0 Å². The lowest BCUT2D eigenvalue weighted by molar-refractivity contribution is -0.384. The van der Waals surface area contributed by atoms with Crippen molar-refractivity contribution in [1.82, 2.24) is 9.88 Å². The highest BCUT2D eigenvalue weighted by atomic mass is 32.1. The van der Waals surface area contributed by atoms with Crippen molar-refractivity contribution in [2.45, 2.75) is 42.7 Å². The highest BCUT2D eigenvalue weighted by Crippen LogP contribution is 2.66. The lowest BCUT2D eigenvalue weighted by atomic mass is 9.65. The Morgan fingerprint density at radius 2 is 1.55 bits per heavy atom. The van der Waals surface area contributed by atoms with Crippen LogP contribution in [0.5, 0.6) is 5.75 Å².